The summed E-state index contributed by atoms with van der Waals surface area (Å²) in [6.07, 6.45) is 0.344. The molecule has 25 heavy (non-hydrogen) atoms. The van der Waals surface area contributed by atoms with Gasteiger partial charge in [-0.15, -0.1) is 0 Å². The summed E-state index contributed by atoms with van der Waals surface area (Å²) in [6.45, 7) is 2.36. The largest absolute Gasteiger partial charge is 0.491 e. The molecule has 0 aliphatic carbocycles. The highest BCUT2D eigenvalue weighted by molar-refractivity contribution is 5.33. The first-order valence-corrected chi connectivity index (χ1v) is 8.65. The van der Waals surface area contributed by atoms with Crippen molar-refractivity contribution in [1.29, 1.82) is 0 Å². The summed E-state index contributed by atoms with van der Waals surface area (Å²) in [7, 11) is 0. The van der Waals surface area contributed by atoms with E-state index in [1.165, 1.54) is 12.1 Å². The molecule has 3 rings (SSSR count). The maximum Gasteiger partial charge on any atom is 0.123 e. The summed E-state index contributed by atoms with van der Waals surface area (Å²) in [5, 5.41) is 19.5. The zero-order valence-electron chi connectivity index (χ0n) is 14.1. The fourth-order valence-corrected chi connectivity index (χ4v) is 3.41. The van der Waals surface area contributed by atoms with Gasteiger partial charge >= 0.3 is 0 Å². The average molecular weight is 345 g/mol. The van der Waals surface area contributed by atoms with Crippen molar-refractivity contribution in [3.05, 3.63) is 65.5 Å². The quantitative estimate of drug-likeness (QED) is 0.845. The molecule has 0 unspecified atom stereocenters. The van der Waals surface area contributed by atoms with Crippen LogP contribution in [0.2, 0.25) is 0 Å². The molecule has 0 radical (unpaired) electrons. The monoisotopic (exact) mass is 345 g/mol. The van der Waals surface area contributed by atoms with E-state index in [1.807, 2.05) is 24.3 Å². The van der Waals surface area contributed by atoms with Crippen molar-refractivity contribution in [2.45, 2.75) is 25.0 Å². The zero-order valence-corrected chi connectivity index (χ0v) is 14.1. The number of hydrogen-bond acceptors (Lipinski definition) is 4. The van der Waals surface area contributed by atoms with Crippen LogP contribution < -0.4 is 4.74 Å². The molecular weight excluding hydrogens is 321 g/mol. The molecule has 1 aliphatic heterocycles. The summed E-state index contributed by atoms with van der Waals surface area (Å²) in [5.41, 5.74) is 2.03. The third kappa shape index (κ3) is 4.57. The van der Waals surface area contributed by atoms with Crippen molar-refractivity contribution in [3.8, 4) is 5.75 Å². The highest BCUT2D eigenvalue weighted by Crippen LogP contribution is 2.30. The Kier molecular flexibility index (Phi) is 6.02. The molecule has 5 heteroatoms. The Morgan fingerprint density at radius 1 is 1.12 bits per heavy atom. The zero-order chi connectivity index (χ0) is 17.6. The average Bonchev–Trinajstić information content (AvgIpc) is 2.62. The third-order valence-electron chi connectivity index (χ3n) is 4.68. The predicted octanol–water partition coefficient (Wildman–Crippen LogP) is 2.55. The predicted molar refractivity (Wildman–Crippen MR) is 94.1 cm³/mol. The van der Waals surface area contributed by atoms with Crippen molar-refractivity contribution in [1.82, 2.24) is 4.90 Å². The van der Waals surface area contributed by atoms with Gasteiger partial charge in [0, 0.05) is 24.6 Å². The van der Waals surface area contributed by atoms with Gasteiger partial charge in [-0.25, -0.2) is 4.39 Å². The molecule has 2 aromatic rings. The second-order valence-electron chi connectivity index (χ2n) is 6.43. The van der Waals surface area contributed by atoms with Crippen LogP contribution in [-0.2, 0) is 6.54 Å². The highest BCUT2D eigenvalue weighted by Gasteiger charge is 2.29. The van der Waals surface area contributed by atoms with Gasteiger partial charge in [0.1, 0.15) is 18.2 Å². The van der Waals surface area contributed by atoms with E-state index in [2.05, 4.69) is 4.90 Å². The van der Waals surface area contributed by atoms with E-state index in [-0.39, 0.29) is 24.9 Å². The number of hydrogen-bond donors (Lipinski definition) is 2. The molecule has 0 aromatic heterocycles. The van der Waals surface area contributed by atoms with Crippen molar-refractivity contribution < 1.29 is 19.3 Å². The van der Waals surface area contributed by atoms with Crippen LogP contribution in [0.1, 0.15) is 23.5 Å². The van der Waals surface area contributed by atoms with Crippen LogP contribution in [0.4, 0.5) is 4.39 Å². The molecule has 0 amide bonds. The van der Waals surface area contributed by atoms with Gasteiger partial charge in [-0.1, -0.05) is 30.3 Å². The van der Waals surface area contributed by atoms with E-state index in [0.717, 1.165) is 29.8 Å². The molecule has 0 saturated carbocycles. The number of aliphatic hydroxyl groups is 2. The SMILES string of the molecule is OCCOc1ccccc1CN1CC[C@@H](c2ccc(F)cc2)[C@H](O)C1. The first-order valence-electron chi connectivity index (χ1n) is 8.65. The lowest BCUT2D eigenvalue weighted by Crippen LogP contribution is -2.42. The Bertz CT molecular complexity index is 677. The number of β-amino-alcohol motifs (C(OH)–C–C–N with tert-alkyl or cyclic N) is 1. The normalized spacial score (nSPS) is 21.2. The van der Waals surface area contributed by atoms with Crippen LogP contribution in [0.3, 0.4) is 0 Å². The molecule has 4 nitrogen and oxygen atoms in total. The van der Waals surface area contributed by atoms with Crippen LogP contribution in [0.25, 0.3) is 0 Å². The second kappa shape index (κ2) is 8.43. The first kappa shape index (κ1) is 17.9. The standard InChI is InChI=1S/C20H24FNO3/c21-17-7-5-15(6-8-17)18-9-10-22(14-19(18)24)13-16-3-1-2-4-20(16)25-12-11-23/h1-8,18-19,23-24H,9-14H2/t18-,19+/m0/s1. The summed E-state index contributed by atoms with van der Waals surface area (Å²) >= 11 is 0. The summed E-state index contributed by atoms with van der Waals surface area (Å²) < 4.78 is 18.7. The number of para-hydroxylation sites is 1. The van der Waals surface area contributed by atoms with Crippen molar-refractivity contribution in [2.75, 3.05) is 26.3 Å². The molecule has 1 aliphatic rings. The Morgan fingerprint density at radius 2 is 1.88 bits per heavy atom. The number of halogens is 1. The Balaban J connectivity index is 1.63. The van der Waals surface area contributed by atoms with E-state index in [4.69, 9.17) is 9.84 Å². The van der Waals surface area contributed by atoms with E-state index in [0.29, 0.717) is 13.1 Å². The molecule has 1 fully saturated rings. The van der Waals surface area contributed by atoms with Crippen LogP contribution in [-0.4, -0.2) is 47.5 Å². The minimum atomic E-state index is -0.482. The fraction of sp³-hybridized carbons (Fsp3) is 0.400. The van der Waals surface area contributed by atoms with E-state index in [9.17, 15) is 9.50 Å². The van der Waals surface area contributed by atoms with Crippen LogP contribution in [0, 0.1) is 5.82 Å². The molecule has 134 valence electrons. The van der Waals surface area contributed by atoms with Crippen LogP contribution in [0.5, 0.6) is 5.75 Å². The van der Waals surface area contributed by atoms with Gasteiger partial charge in [0.25, 0.3) is 0 Å². The smallest absolute Gasteiger partial charge is 0.123 e. The number of aliphatic hydroxyl groups excluding tert-OH is 2. The molecule has 2 aromatic carbocycles. The Labute approximate surface area is 147 Å². The lowest BCUT2D eigenvalue weighted by atomic mass is 9.87. The third-order valence-corrected chi connectivity index (χ3v) is 4.68. The Hall–Kier alpha value is -1.95. The van der Waals surface area contributed by atoms with Gasteiger partial charge in [-0.2, -0.15) is 0 Å². The van der Waals surface area contributed by atoms with Crippen molar-refractivity contribution in [2.24, 2.45) is 0 Å². The van der Waals surface area contributed by atoms with Gasteiger partial charge in [-0.3, -0.25) is 4.90 Å². The molecule has 2 N–H and O–H groups in total. The molecular formula is C20H24FNO3. The number of ether oxygens (including phenoxy) is 1. The number of rotatable bonds is 6. The molecule has 0 spiro atoms. The van der Waals surface area contributed by atoms with E-state index >= 15 is 0 Å². The van der Waals surface area contributed by atoms with Gasteiger partial charge < -0.3 is 14.9 Å². The number of benzene rings is 2. The maximum atomic E-state index is 13.1. The van der Waals surface area contributed by atoms with Gasteiger partial charge in [0.05, 0.1) is 12.7 Å². The van der Waals surface area contributed by atoms with Gasteiger partial charge in [-0.05, 0) is 36.7 Å². The minimum Gasteiger partial charge on any atom is -0.491 e. The Morgan fingerprint density at radius 3 is 2.60 bits per heavy atom. The van der Waals surface area contributed by atoms with E-state index < -0.39 is 6.10 Å². The molecule has 1 saturated heterocycles. The van der Waals surface area contributed by atoms with Gasteiger partial charge in [0.15, 0.2) is 0 Å². The molecule has 2 atom stereocenters. The summed E-state index contributed by atoms with van der Waals surface area (Å²) in [5.74, 6) is 0.555. The summed E-state index contributed by atoms with van der Waals surface area (Å²) in [4.78, 5) is 2.20. The number of piperidine rings is 1. The molecule has 1 heterocycles. The van der Waals surface area contributed by atoms with E-state index in [1.54, 1.807) is 12.1 Å². The van der Waals surface area contributed by atoms with Crippen LogP contribution >= 0.6 is 0 Å². The maximum absolute atomic E-state index is 13.1. The lowest BCUT2D eigenvalue weighted by molar-refractivity contribution is 0.0471. The van der Waals surface area contributed by atoms with Crippen molar-refractivity contribution in [3.63, 3.8) is 0 Å². The molecule has 0 bridgehead atoms. The number of nitrogens with zero attached hydrogens (tertiary/aromatic N) is 1. The van der Waals surface area contributed by atoms with Gasteiger partial charge in [0.2, 0.25) is 0 Å². The topological polar surface area (TPSA) is 52.9 Å². The van der Waals surface area contributed by atoms with Crippen LogP contribution in [0.15, 0.2) is 48.5 Å². The first-order chi connectivity index (χ1) is 12.2. The fourth-order valence-electron chi connectivity index (χ4n) is 3.41. The lowest BCUT2D eigenvalue weighted by Gasteiger charge is -2.36. The van der Waals surface area contributed by atoms with Crippen molar-refractivity contribution >= 4 is 0 Å². The minimum absolute atomic E-state index is 0.0177. The highest BCUT2D eigenvalue weighted by atomic mass is 19.1. The summed E-state index contributed by atoms with van der Waals surface area (Å²) in [6, 6.07) is 14.2. The number of likely N-dealkylation sites (tertiary alicyclic amines) is 1. The second-order valence-corrected chi connectivity index (χ2v) is 6.43.